The van der Waals surface area contributed by atoms with Crippen molar-refractivity contribution in [3.05, 3.63) is 54.0 Å². The molecular formula is C16H19F2N3O2. The molecule has 0 saturated carbocycles. The molecule has 1 aromatic heterocycles. The first-order valence-electron chi connectivity index (χ1n) is 7.18. The Bertz CT molecular complexity index is 616. The van der Waals surface area contributed by atoms with E-state index in [1.165, 1.54) is 6.07 Å². The summed E-state index contributed by atoms with van der Waals surface area (Å²) in [6, 6.07) is 10.3. The smallest absolute Gasteiger partial charge is 0.387 e. The number of benzene rings is 1. The van der Waals surface area contributed by atoms with Gasteiger partial charge in [0.2, 0.25) is 0 Å². The Morgan fingerprint density at radius 1 is 1.26 bits per heavy atom. The van der Waals surface area contributed by atoms with Crippen LogP contribution in [0.4, 0.5) is 8.78 Å². The van der Waals surface area contributed by atoms with Crippen molar-refractivity contribution in [3.63, 3.8) is 0 Å². The Hall–Kier alpha value is -2.57. The molecule has 0 aliphatic heterocycles. The van der Waals surface area contributed by atoms with Crippen molar-refractivity contribution < 1.29 is 17.9 Å². The highest BCUT2D eigenvalue weighted by atomic mass is 19.3. The van der Waals surface area contributed by atoms with E-state index in [1.807, 2.05) is 18.2 Å². The number of ether oxygens (including phenoxy) is 1. The summed E-state index contributed by atoms with van der Waals surface area (Å²) in [6.45, 7) is -1.71. The van der Waals surface area contributed by atoms with Crippen molar-refractivity contribution in [1.29, 1.82) is 0 Å². The Kier molecular flexibility index (Phi) is 6.40. The molecule has 7 heteroatoms. The highest BCUT2D eigenvalue weighted by Crippen LogP contribution is 2.15. The molecule has 2 N–H and O–H groups in total. The van der Waals surface area contributed by atoms with Crippen molar-refractivity contribution in [2.75, 3.05) is 13.6 Å². The molecule has 0 radical (unpaired) electrons. The van der Waals surface area contributed by atoms with Crippen LogP contribution in [0, 0.1) is 0 Å². The van der Waals surface area contributed by atoms with Crippen molar-refractivity contribution in [3.8, 4) is 5.75 Å². The molecule has 2 aromatic rings. The van der Waals surface area contributed by atoms with Crippen molar-refractivity contribution in [2.45, 2.75) is 19.6 Å². The Balaban J connectivity index is 1.78. The van der Waals surface area contributed by atoms with Crippen LogP contribution < -0.4 is 15.4 Å². The van der Waals surface area contributed by atoms with Gasteiger partial charge in [-0.1, -0.05) is 12.1 Å². The average Bonchev–Trinajstić information content (AvgIpc) is 3.03. The second kappa shape index (κ2) is 8.77. The number of nitrogens with one attached hydrogen (secondary N) is 2. The summed E-state index contributed by atoms with van der Waals surface area (Å²) >= 11 is 0. The molecule has 0 amide bonds. The van der Waals surface area contributed by atoms with Gasteiger partial charge in [-0.2, -0.15) is 8.78 Å². The van der Waals surface area contributed by atoms with Gasteiger partial charge in [-0.15, -0.1) is 0 Å². The van der Waals surface area contributed by atoms with Crippen LogP contribution in [0.5, 0.6) is 5.75 Å². The van der Waals surface area contributed by atoms with E-state index < -0.39 is 6.61 Å². The lowest BCUT2D eigenvalue weighted by Crippen LogP contribution is -2.37. The Labute approximate surface area is 133 Å². The number of hydrogen-bond acceptors (Lipinski definition) is 3. The molecule has 0 fully saturated rings. The maximum atomic E-state index is 12.2. The standard InChI is InChI=1S/C16H19F2N3O2/c1-19-16(20-8-7-13-6-3-9-22-13)21-11-12-4-2-5-14(10-12)23-15(17)18/h2-6,9-10,15H,7-8,11H2,1H3,(H2,19,20,21). The van der Waals surface area contributed by atoms with Crippen LogP contribution in [-0.2, 0) is 13.0 Å². The lowest BCUT2D eigenvalue weighted by atomic mass is 10.2. The van der Waals surface area contributed by atoms with E-state index in [-0.39, 0.29) is 5.75 Å². The number of hydrogen-bond donors (Lipinski definition) is 2. The maximum Gasteiger partial charge on any atom is 0.387 e. The predicted molar refractivity (Wildman–Crippen MR) is 83.7 cm³/mol. The largest absolute Gasteiger partial charge is 0.469 e. The van der Waals surface area contributed by atoms with E-state index in [0.29, 0.717) is 19.0 Å². The molecule has 0 spiro atoms. The third-order valence-electron chi connectivity index (χ3n) is 3.05. The third-order valence-corrected chi connectivity index (χ3v) is 3.05. The van der Waals surface area contributed by atoms with E-state index in [4.69, 9.17) is 4.42 Å². The van der Waals surface area contributed by atoms with Gasteiger partial charge in [0.25, 0.3) is 0 Å². The number of guanidine groups is 1. The monoisotopic (exact) mass is 323 g/mol. The molecule has 1 heterocycles. The fourth-order valence-corrected chi connectivity index (χ4v) is 2.00. The number of alkyl halides is 2. The first-order chi connectivity index (χ1) is 11.2. The highest BCUT2D eigenvalue weighted by molar-refractivity contribution is 5.79. The van der Waals surface area contributed by atoms with E-state index in [1.54, 1.807) is 25.4 Å². The van der Waals surface area contributed by atoms with E-state index in [0.717, 1.165) is 17.7 Å². The zero-order chi connectivity index (χ0) is 16.5. The highest BCUT2D eigenvalue weighted by Gasteiger charge is 2.05. The van der Waals surface area contributed by atoms with Crippen LogP contribution in [-0.4, -0.2) is 26.2 Å². The second-order valence-electron chi connectivity index (χ2n) is 4.71. The van der Waals surface area contributed by atoms with Crippen molar-refractivity contribution in [2.24, 2.45) is 4.99 Å². The minimum absolute atomic E-state index is 0.139. The first kappa shape index (κ1) is 16.8. The topological polar surface area (TPSA) is 58.8 Å². The third kappa shape index (κ3) is 5.98. The predicted octanol–water partition coefficient (Wildman–Crippen LogP) is 2.79. The SMILES string of the molecule is CN=C(NCCc1ccco1)NCc1cccc(OC(F)F)c1. The lowest BCUT2D eigenvalue weighted by molar-refractivity contribution is -0.0498. The molecular weight excluding hydrogens is 304 g/mol. The van der Waals surface area contributed by atoms with Gasteiger partial charge in [0.1, 0.15) is 11.5 Å². The number of aliphatic imine (C=N–C) groups is 1. The fourth-order valence-electron chi connectivity index (χ4n) is 2.00. The van der Waals surface area contributed by atoms with Gasteiger partial charge in [0, 0.05) is 26.6 Å². The molecule has 0 bridgehead atoms. The van der Waals surface area contributed by atoms with Crippen LogP contribution in [0.2, 0.25) is 0 Å². The van der Waals surface area contributed by atoms with Crippen LogP contribution in [0.15, 0.2) is 52.1 Å². The summed E-state index contributed by atoms with van der Waals surface area (Å²) in [5, 5.41) is 6.26. The lowest BCUT2D eigenvalue weighted by Gasteiger charge is -2.12. The van der Waals surface area contributed by atoms with Crippen LogP contribution in [0.25, 0.3) is 0 Å². The maximum absolute atomic E-state index is 12.2. The van der Waals surface area contributed by atoms with Crippen LogP contribution in [0.3, 0.4) is 0 Å². The van der Waals surface area contributed by atoms with E-state index >= 15 is 0 Å². The van der Waals surface area contributed by atoms with Crippen molar-refractivity contribution in [1.82, 2.24) is 10.6 Å². The van der Waals surface area contributed by atoms with E-state index in [2.05, 4.69) is 20.4 Å². The normalized spacial score (nSPS) is 11.6. The summed E-state index contributed by atoms with van der Waals surface area (Å²) < 4.78 is 34.0. The van der Waals surface area contributed by atoms with Gasteiger partial charge in [-0.05, 0) is 29.8 Å². The van der Waals surface area contributed by atoms with Gasteiger partial charge in [-0.25, -0.2) is 0 Å². The quantitative estimate of drug-likeness (QED) is 0.608. The molecule has 1 aromatic carbocycles. The Morgan fingerprint density at radius 3 is 2.83 bits per heavy atom. The van der Waals surface area contributed by atoms with Gasteiger partial charge >= 0.3 is 6.61 Å². The molecule has 0 saturated heterocycles. The summed E-state index contributed by atoms with van der Waals surface area (Å²) in [7, 11) is 1.67. The fraction of sp³-hybridized carbons (Fsp3) is 0.312. The number of rotatable bonds is 7. The molecule has 0 atom stereocenters. The number of halogens is 2. The summed E-state index contributed by atoms with van der Waals surface area (Å²) in [6.07, 6.45) is 2.38. The zero-order valence-corrected chi connectivity index (χ0v) is 12.8. The van der Waals surface area contributed by atoms with Crippen LogP contribution >= 0.6 is 0 Å². The second-order valence-corrected chi connectivity index (χ2v) is 4.71. The first-order valence-corrected chi connectivity index (χ1v) is 7.18. The van der Waals surface area contributed by atoms with E-state index in [9.17, 15) is 8.78 Å². The summed E-state index contributed by atoms with van der Waals surface area (Å²) in [5.74, 6) is 1.65. The molecule has 0 aliphatic carbocycles. The van der Waals surface area contributed by atoms with Gasteiger partial charge in [0.05, 0.1) is 6.26 Å². The molecule has 2 rings (SSSR count). The number of nitrogens with zero attached hydrogens (tertiary/aromatic N) is 1. The minimum Gasteiger partial charge on any atom is -0.469 e. The zero-order valence-electron chi connectivity index (χ0n) is 12.8. The summed E-state index contributed by atoms with van der Waals surface area (Å²) in [4.78, 5) is 4.11. The Morgan fingerprint density at radius 2 is 2.13 bits per heavy atom. The molecule has 0 unspecified atom stereocenters. The summed E-state index contributed by atoms with van der Waals surface area (Å²) in [5.41, 5.74) is 0.817. The van der Waals surface area contributed by atoms with Gasteiger partial charge in [-0.3, -0.25) is 4.99 Å². The minimum atomic E-state index is -2.82. The number of furan rings is 1. The van der Waals surface area contributed by atoms with Gasteiger partial charge < -0.3 is 19.8 Å². The molecule has 5 nitrogen and oxygen atoms in total. The average molecular weight is 323 g/mol. The van der Waals surface area contributed by atoms with Gasteiger partial charge in [0.15, 0.2) is 5.96 Å². The van der Waals surface area contributed by atoms with Crippen molar-refractivity contribution >= 4 is 5.96 Å². The molecule has 23 heavy (non-hydrogen) atoms. The molecule has 124 valence electrons. The van der Waals surface area contributed by atoms with Crippen LogP contribution in [0.1, 0.15) is 11.3 Å². The molecule has 0 aliphatic rings.